The number of hydrogen-bond donors (Lipinski definition) is 2. The van der Waals surface area contributed by atoms with Crippen LogP contribution in [-0.4, -0.2) is 33.4 Å². The lowest BCUT2D eigenvalue weighted by atomic mass is 9.90. The second-order valence-corrected chi connectivity index (χ2v) is 8.51. The average molecular weight is 405 g/mol. The predicted octanol–water partition coefficient (Wildman–Crippen LogP) is 3.02. The van der Waals surface area contributed by atoms with Crippen LogP contribution in [0.2, 0.25) is 0 Å². The number of nitrogens with one attached hydrogen (secondary N) is 2. The minimum atomic E-state index is -0.601. The van der Waals surface area contributed by atoms with Crippen LogP contribution >= 0.6 is 0 Å². The van der Waals surface area contributed by atoms with Crippen molar-refractivity contribution in [2.45, 2.75) is 51.7 Å². The highest BCUT2D eigenvalue weighted by atomic mass is 16.2. The second-order valence-electron chi connectivity index (χ2n) is 8.51. The van der Waals surface area contributed by atoms with Gasteiger partial charge in [0.15, 0.2) is 0 Å². The van der Waals surface area contributed by atoms with Gasteiger partial charge in [0.05, 0.1) is 0 Å². The monoisotopic (exact) mass is 404 g/mol. The number of nitrogens with zero attached hydrogens (tertiary/aromatic N) is 2. The van der Waals surface area contributed by atoms with E-state index in [0.717, 1.165) is 28.7 Å². The van der Waals surface area contributed by atoms with Gasteiger partial charge in [-0.05, 0) is 29.7 Å². The van der Waals surface area contributed by atoms with Crippen LogP contribution in [0.3, 0.4) is 0 Å². The molecule has 30 heavy (non-hydrogen) atoms. The summed E-state index contributed by atoms with van der Waals surface area (Å²) in [5, 5.41) is 6.99. The van der Waals surface area contributed by atoms with Crippen LogP contribution in [0.1, 0.15) is 37.9 Å². The molecule has 3 heterocycles. The Morgan fingerprint density at radius 2 is 1.77 bits per heavy atom. The molecule has 1 aromatic carbocycles. The summed E-state index contributed by atoms with van der Waals surface area (Å²) in [5.41, 5.74) is 3.01. The first-order valence-electron chi connectivity index (χ1n) is 10.5. The Kier molecular flexibility index (Phi) is 5.57. The van der Waals surface area contributed by atoms with Gasteiger partial charge in [0.1, 0.15) is 12.1 Å². The van der Waals surface area contributed by atoms with E-state index in [-0.39, 0.29) is 17.7 Å². The zero-order valence-electron chi connectivity index (χ0n) is 17.6. The van der Waals surface area contributed by atoms with E-state index >= 15 is 0 Å². The average Bonchev–Trinajstić information content (AvgIpc) is 3.09. The molecular weight excluding hydrogens is 376 g/mol. The Morgan fingerprint density at radius 3 is 2.50 bits per heavy atom. The molecule has 1 fully saturated rings. The number of hydrogen-bond acceptors (Lipinski definition) is 3. The molecule has 3 aromatic rings. The van der Waals surface area contributed by atoms with Gasteiger partial charge < -0.3 is 15.2 Å². The quantitative estimate of drug-likeness (QED) is 0.663. The first kappa shape index (κ1) is 20.1. The maximum absolute atomic E-state index is 12.9. The molecule has 1 aliphatic rings. The maximum Gasteiger partial charge on any atom is 0.243 e. The number of carbonyl (C=O) groups is 2. The molecule has 3 atom stereocenters. The molecule has 3 unspecified atom stereocenters. The van der Waals surface area contributed by atoms with Gasteiger partial charge in [0.2, 0.25) is 11.8 Å². The first-order valence-corrected chi connectivity index (χ1v) is 10.5. The molecular formula is C24H28N4O2. The van der Waals surface area contributed by atoms with Crippen molar-refractivity contribution in [1.29, 1.82) is 0 Å². The van der Waals surface area contributed by atoms with Crippen molar-refractivity contribution in [2.24, 2.45) is 5.92 Å². The highest BCUT2D eigenvalue weighted by Crippen LogP contribution is 2.31. The molecule has 156 valence electrons. The number of benzene rings is 1. The van der Waals surface area contributed by atoms with Gasteiger partial charge >= 0.3 is 0 Å². The maximum atomic E-state index is 12.9. The summed E-state index contributed by atoms with van der Waals surface area (Å²) < 4.78 is 2.25. The summed E-state index contributed by atoms with van der Waals surface area (Å²) in [6.45, 7) is 7.29. The summed E-state index contributed by atoms with van der Waals surface area (Å²) in [7, 11) is 0. The van der Waals surface area contributed by atoms with Gasteiger partial charge in [0, 0.05) is 47.9 Å². The predicted molar refractivity (Wildman–Crippen MR) is 117 cm³/mol. The van der Waals surface area contributed by atoms with Gasteiger partial charge in [-0.15, -0.1) is 0 Å². The Bertz CT molecular complexity index is 1060. The summed E-state index contributed by atoms with van der Waals surface area (Å²) >= 11 is 0. The SMILES string of the molecule is CC(C)Cn1cc(C(C)C2NC(=O)C(Cc3ccccn3)NC2=O)c2ccccc21. The van der Waals surface area contributed by atoms with E-state index in [9.17, 15) is 9.59 Å². The number of piperazine rings is 1. The topological polar surface area (TPSA) is 76.0 Å². The van der Waals surface area contributed by atoms with Crippen LogP contribution < -0.4 is 10.6 Å². The minimum absolute atomic E-state index is 0.149. The molecule has 2 amide bonds. The number of rotatable bonds is 6. The van der Waals surface area contributed by atoms with Gasteiger partial charge in [-0.2, -0.15) is 0 Å². The van der Waals surface area contributed by atoms with Gasteiger partial charge in [0.25, 0.3) is 0 Å². The van der Waals surface area contributed by atoms with E-state index in [4.69, 9.17) is 0 Å². The number of para-hydroxylation sites is 1. The van der Waals surface area contributed by atoms with Crippen molar-refractivity contribution >= 4 is 22.7 Å². The molecule has 0 bridgehead atoms. The van der Waals surface area contributed by atoms with Crippen LogP contribution in [0.5, 0.6) is 0 Å². The van der Waals surface area contributed by atoms with E-state index in [2.05, 4.69) is 52.4 Å². The third-order valence-corrected chi connectivity index (χ3v) is 5.72. The Balaban J connectivity index is 1.56. The second kappa shape index (κ2) is 8.30. The molecule has 1 saturated heterocycles. The molecule has 1 aliphatic heterocycles. The van der Waals surface area contributed by atoms with Crippen molar-refractivity contribution in [1.82, 2.24) is 20.2 Å². The lowest BCUT2D eigenvalue weighted by molar-refractivity contribution is -0.137. The summed E-state index contributed by atoms with van der Waals surface area (Å²) in [4.78, 5) is 29.9. The third-order valence-electron chi connectivity index (χ3n) is 5.72. The lowest BCUT2D eigenvalue weighted by Gasteiger charge is -2.32. The summed E-state index contributed by atoms with van der Waals surface area (Å²) in [6.07, 6.45) is 4.21. The minimum Gasteiger partial charge on any atom is -0.347 e. The van der Waals surface area contributed by atoms with Gasteiger partial charge in [-0.3, -0.25) is 14.6 Å². The van der Waals surface area contributed by atoms with Crippen LogP contribution in [0.15, 0.2) is 54.9 Å². The molecule has 2 aromatic heterocycles. The van der Waals surface area contributed by atoms with Crippen molar-refractivity contribution in [3.05, 3.63) is 66.1 Å². The zero-order valence-corrected chi connectivity index (χ0v) is 17.6. The number of carbonyl (C=O) groups excluding carboxylic acids is 2. The first-order chi connectivity index (χ1) is 14.4. The van der Waals surface area contributed by atoms with Crippen LogP contribution in [0.25, 0.3) is 10.9 Å². The van der Waals surface area contributed by atoms with Crippen LogP contribution in [0, 0.1) is 5.92 Å². The van der Waals surface area contributed by atoms with E-state index < -0.39 is 12.1 Å². The van der Waals surface area contributed by atoms with E-state index in [1.165, 1.54) is 0 Å². The number of aromatic nitrogens is 2. The molecule has 0 radical (unpaired) electrons. The highest BCUT2D eigenvalue weighted by Gasteiger charge is 2.38. The molecule has 4 rings (SSSR count). The van der Waals surface area contributed by atoms with Crippen LogP contribution in [-0.2, 0) is 22.6 Å². The smallest absolute Gasteiger partial charge is 0.243 e. The fourth-order valence-electron chi connectivity index (χ4n) is 4.23. The summed E-state index contributed by atoms with van der Waals surface area (Å²) in [5.74, 6) is 0.0452. The Morgan fingerprint density at radius 1 is 1.00 bits per heavy atom. The third kappa shape index (κ3) is 3.95. The van der Waals surface area contributed by atoms with Gasteiger partial charge in [-0.25, -0.2) is 0 Å². The largest absolute Gasteiger partial charge is 0.347 e. The normalized spacial score (nSPS) is 20.3. The zero-order chi connectivity index (χ0) is 21.3. The number of fused-ring (bicyclic) bond motifs is 1. The van der Waals surface area contributed by atoms with Gasteiger partial charge in [-0.1, -0.05) is 45.0 Å². The molecule has 0 spiro atoms. The molecule has 0 aliphatic carbocycles. The molecule has 6 nitrogen and oxygen atoms in total. The fraction of sp³-hybridized carbons (Fsp3) is 0.375. The highest BCUT2D eigenvalue weighted by molar-refractivity contribution is 5.98. The standard InChI is InChI=1S/C24H28N4O2/c1-15(2)13-28-14-19(18-9-4-5-10-21(18)28)16(3)22-24(30)26-20(23(29)27-22)12-17-8-6-7-11-25-17/h4-11,14-16,20,22H,12-13H2,1-3H3,(H,26,30)(H,27,29). The van der Waals surface area contributed by atoms with Crippen molar-refractivity contribution in [3.8, 4) is 0 Å². The number of pyridine rings is 1. The molecule has 0 saturated carbocycles. The Labute approximate surface area is 176 Å². The van der Waals surface area contributed by atoms with Crippen molar-refractivity contribution in [2.75, 3.05) is 0 Å². The number of amides is 2. The molecule has 6 heteroatoms. The lowest BCUT2D eigenvalue weighted by Crippen LogP contribution is -2.63. The van der Waals surface area contributed by atoms with Crippen molar-refractivity contribution < 1.29 is 9.59 Å². The van der Waals surface area contributed by atoms with Crippen molar-refractivity contribution in [3.63, 3.8) is 0 Å². The van der Waals surface area contributed by atoms with Crippen LogP contribution in [0.4, 0.5) is 0 Å². The van der Waals surface area contributed by atoms with E-state index in [1.807, 2.05) is 37.3 Å². The van der Waals surface area contributed by atoms with E-state index in [0.29, 0.717) is 12.3 Å². The van der Waals surface area contributed by atoms with E-state index in [1.54, 1.807) is 6.20 Å². The summed E-state index contributed by atoms with van der Waals surface area (Å²) in [6, 6.07) is 12.6. The Hall–Kier alpha value is -3.15. The fourth-order valence-corrected chi connectivity index (χ4v) is 4.23. The molecule has 2 N–H and O–H groups in total.